The predicted molar refractivity (Wildman–Crippen MR) is 92.2 cm³/mol. The van der Waals surface area contributed by atoms with Gasteiger partial charge in [-0.15, -0.1) is 0 Å². The number of nitrogens with zero attached hydrogens (tertiary/aromatic N) is 4. The highest BCUT2D eigenvalue weighted by Crippen LogP contribution is 2.24. The summed E-state index contributed by atoms with van der Waals surface area (Å²) in [7, 11) is 4.01. The number of hydrogen-bond donors (Lipinski definition) is 0. The molecular formula is C18H26N4O. The zero-order valence-corrected chi connectivity index (χ0v) is 14.3. The van der Waals surface area contributed by atoms with Gasteiger partial charge in [0, 0.05) is 52.4 Å². The lowest BCUT2D eigenvalue weighted by Crippen LogP contribution is -2.49. The summed E-state index contributed by atoms with van der Waals surface area (Å²) in [4.78, 5) is 18.1. The van der Waals surface area contributed by atoms with Gasteiger partial charge in [0.05, 0.1) is 6.07 Å². The molecule has 1 heterocycles. The van der Waals surface area contributed by atoms with Crippen molar-refractivity contribution in [1.82, 2.24) is 9.80 Å². The topological polar surface area (TPSA) is 50.6 Å². The number of hydrogen-bond acceptors (Lipinski definition) is 4. The molecule has 0 spiro atoms. The summed E-state index contributed by atoms with van der Waals surface area (Å²) in [5.74, 6) is 0.232. The van der Waals surface area contributed by atoms with Gasteiger partial charge in [0.2, 0.25) is 5.91 Å². The Hall–Kier alpha value is -2.06. The molecule has 1 amide bonds. The van der Waals surface area contributed by atoms with E-state index in [2.05, 4.69) is 11.0 Å². The van der Waals surface area contributed by atoms with Crippen LogP contribution in [0.4, 0.5) is 5.69 Å². The highest BCUT2D eigenvalue weighted by molar-refractivity contribution is 5.76. The van der Waals surface area contributed by atoms with Crippen LogP contribution in [0.15, 0.2) is 24.3 Å². The van der Waals surface area contributed by atoms with E-state index in [9.17, 15) is 10.1 Å². The van der Waals surface area contributed by atoms with Gasteiger partial charge in [-0.25, -0.2) is 0 Å². The third-order valence-corrected chi connectivity index (χ3v) is 4.34. The standard InChI is InChI=1S/C18H26N4O/c1-4-5-18(23)22-12-10-21(11-13-22)17(14-19)15-6-8-16(9-7-15)20(2)3/h6-9,17H,4-5,10-13H2,1-3H3. The Morgan fingerprint density at radius 3 is 2.30 bits per heavy atom. The fourth-order valence-electron chi connectivity index (χ4n) is 2.92. The number of carbonyl (C=O) groups excluding carboxylic acids is 1. The first kappa shape index (κ1) is 17.3. The summed E-state index contributed by atoms with van der Waals surface area (Å²) >= 11 is 0. The number of anilines is 1. The SMILES string of the molecule is CCCC(=O)N1CCN(C(C#N)c2ccc(N(C)C)cc2)CC1. The quantitative estimate of drug-likeness (QED) is 0.836. The monoisotopic (exact) mass is 314 g/mol. The van der Waals surface area contributed by atoms with Crippen LogP contribution in [0.2, 0.25) is 0 Å². The highest BCUT2D eigenvalue weighted by Gasteiger charge is 2.26. The van der Waals surface area contributed by atoms with Crippen molar-refractivity contribution in [3.63, 3.8) is 0 Å². The minimum atomic E-state index is -0.241. The number of nitriles is 1. The zero-order chi connectivity index (χ0) is 16.8. The predicted octanol–water partition coefficient (Wildman–Crippen LogP) is 2.26. The second kappa shape index (κ2) is 7.98. The molecule has 1 atom stereocenters. The van der Waals surface area contributed by atoms with Crippen LogP contribution >= 0.6 is 0 Å². The van der Waals surface area contributed by atoms with Crippen LogP contribution in [0.5, 0.6) is 0 Å². The first-order valence-electron chi connectivity index (χ1n) is 8.25. The lowest BCUT2D eigenvalue weighted by Gasteiger charge is -2.37. The molecule has 5 heteroatoms. The van der Waals surface area contributed by atoms with E-state index in [0.29, 0.717) is 19.5 Å². The number of benzene rings is 1. The molecular weight excluding hydrogens is 288 g/mol. The maximum Gasteiger partial charge on any atom is 0.222 e. The fourth-order valence-corrected chi connectivity index (χ4v) is 2.92. The summed E-state index contributed by atoms with van der Waals surface area (Å²) in [5, 5.41) is 9.59. The van der Waals surface area contributed by atoms with Crippen molar-refractivity contribution in [3.8, 4) is 6.07 Å². The van der Waals surface area contributed by atoms with E-state index in [1.165, 1.54) is 0 Å². The van der Waals surface area contributed by atoms with E-state index in [0.717, 1.165) is 30.8 Å². The lowest BCUT2D eigenvalue weighted by molar-refractivity contribution is -0.133. The van der Waals surface area contributed by atoms with Crippen LogP contribution in [0.25, 0.3) is 0 Å². The van der Waals surface area contributed by atoms with Crippen LogP contribution in [0.3, 0.4) is 0 Å². The van der Waals surface area contributed by atoms with E-state index in [-0.39, 0.29) is 11.9 Å². The van der Waals surface area contributed by atoms with Crippen molar-refractivity contribution in [1.29, 1.82) is 5.26 Å². The molecule has 23 heavy (non-hydrogen) atoms. The first-order chi connectivity index (χ1) is 11.1. The molecule has 1 aliphatic rings. The fraction of sp³-hybridized carbons (Fsp3) is 0.556. The van der Waals surface area contributed by atoms with Crippen LogP contribution in [-0.2, 0) is 4.79 Å². The number of piperazine rings is 1. The summed E-state index contributed by atoms with van der Waals surface area (Å²) in [5.41, 5.74) is 2.15. The molecule has 1 unspecified atom stereocenters. The van der Waals surface area contributed by atoms with Crippen molar-refractivity contribution in [2.45, 2.75) is 25.8 Å². The Morgan fingerprint density at radius 1 is 1.22 bits per heavy atom. The van der Waals surface area contributed by atoms with Crippen LogP contribution in [0, 0.1) is 11.3 Å². The molecule has 1 saturated heterocycles. The average Bonchev–Trinajstić information content (AvgIpc) is 2.57. The average molecular weight is 314 g/mol. The number of carbonyl (C=O) groups is 1. The molecule has 124 valence electrons. The third kappa shape index (κ3) is 4.23. The van der Waals surface area contributed by atoms with Gasteiger partial charge in [-0.3, -0.25) is 9.69 Å². The summed E-state index contributed by atoms with van der Waals surface area (Å²) < 4.78 is 0. The number of rotatable bonds is 5. The second-order valence-corrected chi connectivity index (χ2v) is 6.18. The van der Waals surface area contributed by atoms with E-state index in [1.807, 2.05) is 55.1 Å². The zero-order valence-electron chi connectivity index (χ0n) is 14.3. The van der Waals surface area contributed by atoms with Crippen LogP contribution < -0.4 is 4.90 Å². The summed E-state index contributed by atoms with van der Waals surface area (Å²) in [6.45, 7) is 4.96. The lowest BCUT2D eigenvalue weighted by atomic mass is 10.0. The molecule has 0 saturated carbocycles. The Kier molecular flexibility index (Phi) is 6.00. The molecule has 0 radical (unpaired) electrons. The van der Waals surface area contributed by atoms with Crippen molar-refractivity contribution in [3.05, 3.63) is 29.8 Å². The van der Waals surface area contributed by atoms with E-state index in [4.69, 9.17) is 0 Å². The molecule has 1 aromatic carbocycles. The molecule has 0 aromatic heterocycles. The van der Waals surface area contributed by atoms with Gasteiger partial charge >= 0.3 is 0 Å². The molecule has 1 aromatic rings. The third-order valence-electron chi connectivity index (χ3n) is 4.34. The Morgan fingerprint density at radius 2 is 1.83 bits per heavy atom. The first-order valence-corrected chi connectivity index (χ1v) is 8.25. The van der Waals surface area contributed by atoms with Crippen LogP contribution in [0.1, 0.15) is 31.4 Å². The highest BCUT2D eigenvalue weighted by atomic mass is 16.2. The summed E-state index contributed by atoms with van der Waals surface area (Å²) in [6.07, 6.45) is 1.51. The van der Waals surface area contributed by atoms with E-state index in [1.54, 1.807) is 0 Å². The van der Waals surface area contributed by atoms with Gasteiger partial charge in [0.15, 0.2) is 0 Å². The van der Waals surface area contributed by atoms with Gasteiger partial charge in [0.25, 0.3) is 0 Å². The molecule has 0 aliphatic carbocycles. The molecule has 0 bridgehead atoms. The van der Waals surface area contributed by atoms with Gasteiger partial charge < -0.3 is 9.80 Å². The maximum absolute atomic E-state index is 12.0. The van der Waals surface area contributed by atoms with Crippen LogP contribution in [-0.4, -0.2) is 56.0 Å². The second-order valence-electron chi connectivity index (χ2n) is 6.18. The molecule has 2 rings (SSSR count). The molecule has 1 fully saturated rings. The normalized spacial score (nSPS) is 16.7. The van der Waals surface area contributed by atoms with Crippen molar-refractivity contribution in [2.75, 3.05) is 45.2 Å². The van der Waals surface area contributed by atoms with E-state index < -0.39 is 0 Å². The van der Waals surface area contributed by atoms with Gasteiger partial charge in [-0.05, 0) is 24.1 Å². The van der Waals surface area contributed by atoms with Crippen molar-refractivity contribution >= 4 is 11.6 Å². The molecule has 1 aliphatic heterocycles. The largest absolute Gasteiger partial charge is 0.378 e. The minimum absolute atomic E-state index is 0.232. The summed E-state index contributed by atoms with van der Waals surface area (Å²) in [6, 6.07) is 10.3. The van der Waals surface area contributed by atoms with Gasteiger partial charge in [0.1, 0.15) is 6.04 Å². The Bertz CT molecular complexity index is 553. The van der Waals surface area contributed by atoms with Crippen molar-refractivity contribution < 1.29 is 4.79 Å². The maximum atomic E-state index is 12.0. The van der Waals surface area contributed by atoms with Gasteiger partial charge in [-0.1, -0.05) is 19.1 Å². The molecule has 5 nitrogen and oxygen atoms in total. The Balaban J connectivity index is 2.00. The van der Waals surface area contributed by atoms with E-state index >= 15 is 0 Å². The minimum Gasteiger partial charge on any atom is -0.378 e. The smallest absolute Gasteiger partial charge is 0.222 e. The van der Waals surface area contributed by atoms with Crippen molar-refractivity contribution in [2.24, 2.45) is 0 Å². The molecule has 0 N–H and O–H groups in total. The van der Waals surface area contributed by atoms with Gasteiger partial charge in [-0.2, -0.15) is 5.26 Å². The number of amides is 1. The Labute approximate surface area is 139 Å².